The molecule has 1 atom stereocenters. The smallest absolute Gasteiger partial charge is 0.329 e. The maximum atomic E-state index is 12.4. The Morgan fingerprint density at radius 1 is 1.00 bits per heavy atom. The van der Waals surface area contributed by atoms with Crippen LogP contribution in [0.3, 0.4) is 0 Å². The molecule has 0 aliphatic heterocycles. The minimum absolute atomic E-state index is 0.238. The third kappa shape index (κ3) is 6.48. The predicted molar refractivity (Wildman–Crippen MR) is 113 cm³/mol. The molecule has 2 amide bonds. The van der Waals surface area contributed by atoms with Crippen LogP contribution in [0.25, 0.3) is 0 Å². The molecule has 2 aromatic rings. The number of carbonyl (C=O) groups excluding carboxylic acids is 3. The van der Waals surface area contributed by atoms with Gasteiger partial charge in [-0.05, 0) is 37.1 Å². The second kappa shape index (κ2) is 10.3. The third-order valence-corrected chi connectivity index (χ3v) is 4.72. The number of halogens is 2. The van der Waals surface area contributed by atoms with E-state index in [9.17, 15) is 14.4 Å². The Bertz CT molecular complexity index is 878. The summed E-state index contributed by atoms with van der Waals surface area (Å²) < 4.78 is 5.08. The van der Waals surface area contributed by atoms with Crippen LogP contribution in [0.2, 0.25) is 10.0 Å². The fourth-order valence-corrected chi connectivity index (χ4v) is 2.94. The number of para-hydroxylation sites is 1. The maximum absolute atomic E-state index is 12.4. The van der Waals surface area contributed by atoms with Gasteiger partial charge in [0.1, 0.15) is 6.04 Å². The molecular weight excluding hydrogens is 415 g/mol. The maximum Gasteiger partial charge on any atom is 0.329 e. The van der Waals surface area contributed by atoms with Gasteiger partial charge in [0, 0.05) is 5.56 Å². The molecule has 0 aromatic heterocycles. The number of ether oxygens (including phenoxy) is 1. The first-order valence-corrected chi connectivity index (χ1v) is 9.72. The number of benzene rings is 2. The molecule has 0 saturated heterocycles. The number of amides is 2. The number of hydrogen-bond donors (Lipinski definition) is 2. The van der Waals surface area contributed by atoms with Crippen LogP contribution in [-0.4, -0.2) is 30.4 Å². The molecule has 0 heterocycles. The molecular formula is C21H22Cl2N2O4. The number of aryl methyl sites for hydroxylation is 1. The summed E-state index contributed by atoms with van der Waals surface area (Å²) in [4.78, 5) is 36.9. The van der Waals surface area contributed by atoms with Crippen molar-refractivity contribution in [3.8, 4) is 0 Å². The average Bonchev–Trinajstić information content (AvgIpc) is 2.67. The van der Waals surface area contributed by atoms with Crippen molar-refractivity contribution in [1.29, 1.82) is 0 Å². The van der Waals surface area contributed by atoms with Crippen LogP contribution in [-0.2, 0) is 14.3 Å². The van der Waals surface area contributed by atoms with E-state index in [1.165, 1.54) is 0 Å². The van der Waals surface area contributed by atoms with Crippen LogP contribution in [0.4, 0.5) is 5.69 Å². The highest BCUT2D eigenvalue weighted by atomic mass is 35.5. The Labute approximate surface area is 179 Å². The minimum atomic E-state index is -0.902. The van der Waals surface area contributed by atoms with E-state index in [2.05, 4.69) is 10.6 Å². The molecule has 2 N–H and O–H groups in total. The Morgan fingerprint density at radius 3 is 2.14 bits per heavy atom. The standard InChI is InChI=1S/C21H22Cl2N2O4/c1-12(2)18(25-20(27)14-9-7-13(3)8-10-14)21(28)29-11-17(26)24-19-15(22)5-4-6-16(19)23/h4-10,12,18H,11H2,1-3H3,(H,24,26)(H,25,27)/t18-/m0/s1. The topological polar surface area (TPSA) is 84.5 Å². The fraction of sp³-hybridized carbons (Fsp3) is 0.286. The zero-order valence-electron chi connectivity index (χ0n) is 16.3. The van der Waals surface area contributed by atoms with Crippen LogP contribution in [0, 0.1) is 12.8 Å². The van der Waals surface area contributed by atoms with Gasteiger partial charge in [0.2, 0.25) is 0 Å². The molecule has 0 saturated carbocycles. The number of nitrogens with one attached hydrogen (secondary N) is 2. The molecule has 0 aliphatic carbocycles. The van der Waals surface area contributed by atoms with Crippen molar-refractivity contribution in [1.82, 2.24) is 5.32 Å². The molecule has 6 nitrogen and oxygen atoms in total. The number of carbonyl (C=O) groups is 3. The summed E-state index contributed by atoms with van der Waals surface area (Å²) in [6, 6.07) is 10.9. The third-order valence-electron chi connectivity index (χ3n) is 4.09. The lowest BCUT2D eigenvalue weighted by molar-refractivity contribution is -0.150. The molecule has 2 rings (SSSR count). The Morgan fingerprint density at radius 2 is 1.59 bits per heavy atom. The van der Waals surface area contributed by atoms with E-state index in [4.69, 9.17) is 27.9 Å². The van der Waals surface area contributed by atoms with Crippen molar-refractivity contribution in [2.24, 2.45) is 5.92 Å². The molecule has 0 aliphatic rings. The van der Waals surface area contributed by atoms with Crippen molar-refractivity contribution < 1.29 is 19.1 Å². The quantitative estimate of drug-likeness (QED) is 0.635. The highest BCUT2D eigenvalue weighted by Gasteiger charge is 2.27. The lowest BCUT2D eigenvalue weighted by atomic mass is 10.0. The highest BCUT2D eigenvalue weighted by molar-refractivity contribution is 6.39. The number of anilines is 1. The van der Waals surface area contributed by atoms with Crippen molar-refractivity contribution in [3.05, 3.63) is 63.6 Å². The van der Waals surface area contributed by atoms with E-state index in [0.29, 0.717) is 5.56 Å². The Kier molecular flexibility index (Phi) is 8.05. The van der Waals surface area contributed by atoms with Crippen molar-refractivity contribution in [3.63, 3.8) is 0 Å². The van der Waals surface area contributed by atoms with E-state index in [-0.39, 0.29) is 21.7 Å². The summed E-state index contributed by atoms with van der Waals surface area (Å²) in [6.45, 7) is 4.91. The molecule has 0 radical (unpaired) electrons. The first kappa shape index (κ1) is 22.7. The van der Waals surface area contributed by atoms with E-state index in [0.717, 1.165) is 5.56 Å². The second-order valence-electron chi connectivity index (χ2n) is 6.81. The molecule has 0 unspecified atom stereocenters. The summed E-state index contributed by atoms with van der Waals surface area (Å²) in [5, 5.41) is 5.70. The fourth-order valence-electron chi connectivity index (χ4n) is 2.45. The lowest BCUT2D eigenvalue weighted by Crippen LogP contribution is -2.45. The molecule has 29 heavy (non-hydrogen) atoms. The van der Waals surface area contributed by atoms with E-state index < -0.39 is 30.4 Å². The van der Waals surface area contributed by atoms with Crippen LogP contribution in [0.1, 0.15) is 29.8 Å². The number of esters is 1. The van der Waals surface area contributed by atoms with Crippen LogP contribution in [0.5, 0.6) is 0 Å². The molecule has 0 bridgehead atoms. The van der Waals surface area contributed by atoms with Gasteiger partial charge in [-0.1, -0.05) is 60.8 Å². The van der Waals surface area contributed by atoms with Gasteiger partial charge in [0.05, 0.1) is 15.7 Å². The van der Waals surface area contributed by atoms with Gasteiger partial charge in [-0.15, -0.1) is 0 Å². The Balaban J connectivity index is 1.96. The summed E-state index contributed by atoms with van der Waals surface area (Å²) in [6.07, 6.45) is 0. The van der Waals surface area contributed by atoms with Gasteiger partial charge in [-0.2, -0.15) is 0 Å². The van der Waals surface area contributed by atoms with Gasteiger partial charge in [-0.25, -0.2) is 4.79 Å². The number of hydrogen-bond acceptors (Lipinski definition) is 4. The second-order valence-corrected chi connectivity index (χ2v) is 7.63. The normalized spacial score (nSPS) is 11.7. The predicted octanol–water partition coefficient (Wildman–Crippen LogP) is 4.24. The van der Waals surface area contributed by atoms with Crippen LogP contribution in [0.15, 0.2) is 42.5 Å². The van der Waals surface area contributed by atoms with Gasteiger partial charge < -0.3 is 15.4 Å². The van der Waals surface area contributed by atoms with Crippen molar-refractivity contribution >= 4 is 46.7 Å². The minimum Gasteiger partial charge on any atom is -0.454 e. The van der Waals surface area contributed by atoms with E-state index in [1.807, 2.05) is 19.1 Å². The summed E-state index contributed by atoms with van der Waals surface area (Å²) in [5.74, 6) is -1.94. The number of rotatable bonds is 7. The van der Waals surface area contributed by atoms with Crippen molar-refractivity contribution in [2.45, 2.75) is 26.8 Å². The first-order chi connectivity index (χ1) is 13.7. The van der Waals surface area contributed by atoms with E-state index in [1.54, 1.807) is 44.2 Å². The zero-order chi connectivity index (χ0) is 21.6. The summed E-state index contributed by atoms with van der Waals surface area (Å²) >= 11 is 12.0. The molecule has 2 aromatic carbocycles. The van der Waals surface area contributed by atoms with Crippen LogP contribution < -0.4 is 10.6 Å². The van der Waals surface area contributed by atoms with Gasteiger partial charge in [0.15, 0.2) is 6.61 Å². The van der Waals surface area contributed by atoms with Gasteiger partial charge in [-0.3, -0.25) is 9.59 Å². The lowest BCUT2D eigenvalue weighted by Gasteiger charge is -2.21. The van der Waals surface area contributed by atoms with Crippen molar-refractivity contribution in [2.75, 3.05) is 11.9 Å². The van der Waals surface area contributed by atoms with Crippen LogP contribution >= 0.6 is 23.2 Å². The Hall–Kier alpha value is -2.57. The average molecular weight is 437 g/mol. The SMILES string of the molecule is Cc1ccc(C(=O)N[C@H](C(=O)OCC(=O)Nc2c(Cl)cccc2Cl)C(C)C)cc1. The molecule has 154 valence electrons. The highest BCUT2D eigenvalue weighted by Crippen LogP contribution is 2.29. The molecule has 0 fully saturated rings. The summed E-state index contributed by atoms with van der Waals surface area (Å²) in [5.41, 5.74) is 1.69. The monoisotopic (exact) mass is 436 g/mol. The first-order valence-electron chi connectivity index (χ1n) is 8.97. The van der Waals surface area contributed by atoms with Gasteiger partial charge in [0.25, 0.3) is 11.8 Å². The summed E-state index contributed by atoms with van der Waals surface area (Å²) in [7, 11) is 0. The van der Waals surface area contributed by atoms with E-state index >= 15 is 0 Å². The molecule has 0 spiro atoms. The van der Waals surface area contributed by atoms with Gasteiger partial charge >= 0.3 is 5.97 Å². The zero-order valence-corrected chi connectivity index (χ0v) is 17.8. The largest absolute Gasteiger partial charge is 0.454 e. The molecule has 8 heteroatoms.